The number of nitrogens with zero attached hydrogens (tertiary/aromatic N) is 1. The zero-order chi connectivity index (χ0) is 18.1. The number of benzene rings is 1. The Hall–Kier alpha value is -2.40. The summed E-state index contributed by atoms with van der Waals surface area (Å²) >= 11 is 1.25. The molecule has 1 aromatic rings. The predicted octanol–water partition coefficient (Wildman–Crippen LogP) is 1.18. The third-order valence-corrected chi connectivity index (χ3v) is 5.76. The van der Waals surface area contributed by atoms with Crippen molar-refractivity contribution in [2.24, 2.45) is 0 Å². The van der Waals surface area contributed by atoms with Crippen molar-refractivity contribution in [1.29, 1.82) is 0 Å². The number of hydrogen-bond donors (Lipinski definition) is 2. The van der Waals surface area contributed by atoms with Gasteiger partial charge in [-0.05, 0) is 47.8 Å². The van der Waals surface area contributed by atoms with Gasteiger partial charge < -0.3 is 5.32 Å². The molecule has 3 rings (SSSR count). The molecule has 2 heterocycles. The van der Waals surface area contributed by atoms with Gasteiger partial charge >= 0.3 is 0 Å². The summed E-state index contributed by atoms with van der Waals surface area (Å²) in [6.07, 6.45) is 0. The van der Waals surface area contributed by atoms with E-state index in [2.05, 4.69) is 10.6 Å². The Labute approximate surface area is 148 Å². The first-order valence-electron chi connectivity index (χ1n) is 6.94. The molecule has 2 saturated heterocycles. The van der Waals surface area contributed by atoms with Gasteiger partial charge in [0, 0.05) is 5.69 Å². The quantitative estimate of drug-likeness (QED) is 0.803. The fourth-order valence-electron chi connectivity index (χ4n) is 2.25. The molecular formula is C14H10FN3O5S2. The van der Waals surface area contributed by atoms with E-state index < -0.39 is 51.1 Å². The van der Waals surface area contributed by atoms with Crippen LogP contribution >= 0.6 is 23.5 Å². The fraction of sp³-hybridized carbons (Fsp3) is 0.214. The summed E-state index contributed by atoms with van der Waals surface area (Å²) < 4.78 is 12.8. The maximum Gasteiger partial charge on any atom is 0.289 e. The molecule has 0 spiro atoms. The highest BCUT2D eigenvalue weighted by Gasteiger charge is 2.50. The summed E-state index contributed by atoms with van der Waals surface area (Å²) in [7, 11) is 0. The molecule has 25 heavy (non-hydrogen) atoms. The molecule has 8 nitrogen and oxygen atoms in total. The lowest BCUT2D eigenvalue weighted by Gasteiger charge is -2.15. The molecule has 0 bridgehead atoms. The van der Waals surface area contributed by atoms with Crippen molar-refractivity contribution in [1.82, 2.24) is 10.2 Å². The van der Waals surface area contributed by atoms with E-state index in [4.69, 9.17) is 0 Å². The van der Waals surface area contributed by atoms with E-state index in [1.54, 1.807) is 0 Å². The van der Waals surface area contributed by atoms with Gasteiger partial charge in [0.15, 0.2) is 0 Å². The third kappa shape index (κ3) is 3.66. The van der Waals surface area contributed by atoms with Crippen LogP contribution in [-0.2, 0) is 14.4 Å². The first-order valence-corrected chi connectivity index (χ1v) is 8.70. The van der Waals surface area contributed by atoms with Crippen LogP contribution in [0.1, 0.15) is 0 Å². The number of halogens is 1. The van der Waals surface area contributed by atoms with Crippen LogP contribution in [0.5, 0.6) is 0 Å². The lowest BCUT2D eigenvalue weighted by Crippen LogP contribution is -2.42. The maximum absolute atomic E-state index is 12.8. The molecular weight excluding hydrogens is 373 g/mol. The van der Waals surface area contributed by atoms with Crippen molar-refractivity contribution >= 4 is 57.4 Å². The van der Waals surface area contributed by atoms with Crippen molar-refractivity contribution < 1.29 is 28.4 Å². The first kappa shape index (κ1) is 17.4. The molecule has 2 atom stereocenters. The molecule has 1 aromatic carbocycles. The maximum atomic E-state index is 12.8. The van der Waals surface area contributed by atoms with Crippen LogP contribution in [0.25, 0.3) is 0 Å². The number of hydrogen-bond acceptors (Lipinski definition) is 7. The molecule has 2 fully saturated rings. The van der Waals surface area contributed by atoms with E-state index >= 15 is 0 Å². The van der Waals surface area contributed by atoms with Gasteiger partial charge in [-0.1, -0.05) is 0 Å². The molecule has 11 heteroatoms. The zero-order valence-electron chi connectivity index (χ0n) is 12.4. The third-order valence-electron chi connectivity index (χ3n) is 3.38. The van der Waals surface area contributed by atoms with Crippen LogP contribution in [0.4, 0.5) is 19.7 Å². The van der Waals surface area contributed by atoms with E-state index in [1.807, 2.05) is 0 Å². The van der Waals surface area contributed by atoms with Gasteiger partial charge in [-0.25, -0.2) is 4.39 Å². The summed E-state index contributed by atoms with van der Waals surface area (Å²) in [5.41, 5.74) is 0.311. The Morgan fingerprint density at radius 1 is 1.12 bits per heavy atom. The summed E-state index contributed by atoms with van der Waals surface area (Å²) in [5.74, 6) is -2.45. The second kappa shape index (κ2) is 6.84. The van der Waals surface area contributed by atoms with Gasteiger partial charge in [0.2, 0.25) is 17.7 Å². The van der Waals surface area contributed by atoms with Gasteiger partial charge in [0.25, 0.3) is 10.5 Å². The summed E-state index contributed by atoms with van der Waals surface area (Å²) in [4.78, 5) is 59.9. The fourth-order valence-corrected chi connectivity index (χ4v) is 4.35. The minimum atomic E-state index is -1.05. The largest absolute Gasteiger partial charge is 0.325 e. The van der Waals surface area contributed by atoms with Crippen LogP contribution in [-0.4, -0.2) is 50.1 Å². The molecule has 2 N–H and O–H groups in total. The molecule has 0 aliphatic carbocycles. The first-order chi connectivity index (χ1) is 11.8. The Morgan fingerprint density at radius 3 is 2.40 bits per heavy atom. The number of anilines is 1. The number of carbonyl (C=O) groups is 5. The average Bonchev–Trinajstić information content (AvgIpc) is 3.02. The van der Waals surface area contributed by atoms with Crippen LogP contribution < -0.4 is 10.6 Å². The Kier molecular flexibility index (Phi) is 4.77. The highest BCUT2D eigenvalue weighted by molar-refractivity contribution is 8.19. The summed E-state index contributed by atoms with van der Waals surface area (Å²) in [6.45, 7) is -0.536. The lowest BCUT2D eigenvalue weighted by molar-refractivity contribution is -0.131. The van der Waals surface area contributed by atoms with E-state index in [0.717, 1.165) is 17.0 Å². The minimum Gasteiger partial charge on any atom is -0.325 e. The Bertz CT molecular complexity index is 785. The van der Waals surface area contributed by atoms with Crippen LogP contribution in [0.3, 0.4) is 0 Å². The number of thioether (sulfide) groups is 2. The number of imide groups is 2. The monoisotopic (exact) mass is 383 g/mol. The van der Waals surface area contributed by atoms with E-state index in [9.17, 15) is 28.4 Å². The number of amides is 5. The molecule has 0 radical (unpaired) electrons. The van der Waals surface area contributed by atoms with Crippen molar-refractivity contribution in [3.63, 3.8) is 0 Å². The van der Waals surface area contributed by atoms with Crippen LogP contribution in [0, 0.1) is 5.82 Å². The van der Waals surface area contributed by atoms with Gasteiger partial charge in [0.1, 0.15) is 22.9 Å². The zero-order valence-corrected chi connectivity index (χ0v) is 14.0. The van der Waals surface area contributed by atoms with Gasteiger partial charge in [-0.15, -0.1) is 0 Å². The smallest absolute Gasteiger partial charge is 0.289 e. The Morgan fingerprint density at radius 2 is 1.80 bits per heavy atom. The molecule has 5 amide bonds. The van der Waals surface area contributed by atoms with E-state index in [-0.39, 0.29) is 0 Å². The number of carbonyl (C=O) groups excluding carboxylic acids is 5. The van der Waals surface area contributed by atoms with Crippen molar-refractivity contribution in [2.45, 2.75) is 10.5 Å². The summed E-state index contributed by atoms with van der Waals surface area (Å²) in [5, 5.41) is 1.19. The van der Waals surface area contributed by atoms with Crippen LogP contribution in [0.2, 0.25) is 0 Å². The van der Waals surface area contributed by atoms with E-state index in [0.29, 0.717) is 29.2 Å². The normalized spacial score (nSPS) is 23.2. The van der Waals surface area contributed by atoms with Gasteiger partial charge in [0.05, 0.1) is 0 Å². The highest BCUT2D eigenvalue weighted by Crippen LogP contribution is 2.36. The van der Waals surface area contributed by atoms with Gasteiger partial charge in [-0.3, -0.25) is 34.2 Å². The average molecular weight is 383 g/mol. The molecule has 130 valence electrons. The highest BCUT2D eigenvalue weighted by atomic mass is 32.2. The minimum absolute atomic E-state index is 0.311. The molecule has 0 aromatic heterocycles. The SMILES string of the molecule is O=C(CN1C(=O)SC(C2SC(=O)NC2=O)C1=O)Nc1ccc(F)cc1. The summed E-state index contributed by atoms with van der Waals surface area (Å²) in [6, 6.07) is 4.98. The second-order valence-corrected chi connectivity index (χ2v) is 7.31. The second-order valence-electron chi connectivity index (χ2n) is 5.10. The number of rotatable bonds is 4. The molecule has 2 aliphatic rings. The van der Waals surface area contributed by atoms with Crippen molar-refractivity contribution in [2.75, 3.05) is 11.9 Å². The molecule has 2 aliphatic heterocycles. The Balaban J connectivity index is 1.64. The lowest BCUT2D eigenvalue weighted by atomic mass is 10.2. The van der Waals surface area contributed by atoms with E-state index in [1.165, 1.54) is 12.1 Å². The predicted molar refractivity (Wildman–Crippen MR) is 88.4 cm³/mol. The molecule has 2 unspecified atom stereocenters. The molecule has 0 saturated carbocycles. The van der Waals surface area contributed by atoms with Crippen molar-refractivity contribution in [3.05, 3.63) is 30.1 Å². The standard InChI is InChI=1S/C14H10FN3O5S2/c15-6-1-3-7(4-2-6)16-8(19)5-18-12(21)10(25-14(18)23)9-11(20)17-13(22)24-9/h1-4,9-10H,5H2,(H,16,19)(H,17,20,22). The van der Waals surface area contributed by atoms with Gasteiger partial charge in [-0.2, -0.15) is 0 Å². The van der Waals surface area contributed by atoms with Crippen molar-refractivity contribution in [3.8, 4) is 0 Å². The number of nitrogens with one attached hydrogen (secondary N) is 2. The van der Waals surface area contributed by atoms with Crippen LogP contribution in [0.15, 0.2) is 24.3 Å². The topological polar surface area (TPSA) is 113 Å².